The first-order chi connectivity index (χ1) is 8.97. The summed E-state index contributed by atoms with van der Waals surface area (Å²) < 4.78 is 0.775. The number of hydrogen-bond donors (Lipinski definition) is 2. The fraction of sp³-hybridized carbons (Fsp3) is 0.0714. The van der Waals surface area contributed by atoms with Crippen molar-refractivity contribution >= 4 is 44.8 Å². The molecular formula is C14H12BrClN2O. The predicted molar refractivity (Wildman–Crippen MR) is 82.7 cm³/mol. The van der Waals surface area contributed by atoms with Crippen LogP contribution < -0.4 is 11.1 Å². The van der Waals surface area contributed by atoms with Gasteiger partial charge in [0.25, 0.3) is 5.91 Å². The Labute approximate surface area is 124 Å². The Morgan fingerprint density at radius 3 is 2.53 bits per heavy atom. The molecule has 19 heavy (non-hydrogen) atoms. The number of benzene rings is 2. The van der Waals surface area contributed by atoms with E-state index in [-0.39, 0.29) is 5.91 Å². The van der Waals surface area contributed by atoms with Crippen molar-refractivity contribution in [2.45, 2.75) is 6.92 Å². The van der Waals surface area contributed by atoms with Gasteiger partial charge in [0, 0.05) is 26.4 Å². The summed E-state index contributed by atoms with van der Waals surface area (Å²) in [5, 5.41) is 3.43. The number of carbonyl (C=O) groups is 1. The van der Waals surface area contributed by atoms with Crippen LogP contribution in [0, 0.1) is 6.92 Å². The van der Waals surface area contributed by atoms with Crippen LogP contribution in [0.1, 0.15) is 15.9 Å². The number of halogens is 2. The highest BCUT2D eigenvalue weighted by atomic mass is 79.9. The van der Waals surface area contributed by atoms with E-state index in [0.717, 1.165) is 10.0 Å². The topological polar surface area (TPSA) is 55.1 Å². The van der Waals surface area contributed by atoms with Gasteiger partial charge >= 0.3 is 0 Å². The van der Waals surface area contributed by atoms with Gasteiger partial charge in [-0.2, -0.15) is 0 Å². The van der Waals surface area contributed by atoms with Crippen LogP contribution in [0.5, 0.6) is 0 Å². The third-order valence-electron chi connectivity index (χ3n) is 2.76. The lowest BCUT2D eigenvalue weighted by atomic mass is 10.1. The van der Waals surface area contributed by atoms with E-state index in [1.54, 1.807) is 36.4 Å². The maximum atomic E-state index is 12.2. The normalized spacial score (nSPS) is 10.3. The van der Waals surface area contributed by atoms with E-state index in [2.05, 4.69) is 21.2 Å². The fourth-order valence-electron chi connectivity index (χ4n) is 1.67. The van der Waals surface area contributed by atoms with E-state index in [1.165, 1.54) is 0 Å². The van der Waals surface area contributed by atoms with E-state index in [0.29, 0.717) is 22.0 Å². The molecule has 2 rings (SSSR count). The van der Waals surface area contributed by atoms with Gasteiger partial charge in [-0.25, -0.2) is 0 Å². The Hall–Kier alpha value is -1.52. The first kappa shape index (κ1) is 13.9. The van der Waals surface area contributed by atoms with E-state index < -0.39 is 0 Å². The van der Waals surface area contributed by atoms with Gasteiger partial charge in [-0.05, 0) is 48.9 Å². The summed E-state index contributed by atoms with van der Waals surface area (Å²) >= 11 is 9.13. The number of nitrogens with one attached hydrogen (secondary N) is 1. The molecule has 1 amide bonds. The molecule has 0 spiro atoms. The van der Waals surface area contributed by atoms with Crippen molar-refractivity contribution < 1.29 is 4.79 Å². The molecule has 5 heteroatoms. The second kappa shape index (κ2) is 5.63. The van der Waals surface area contributed by atoms with Gasteiger partial charge in [-0.3, -0.25) is 4.79 Å². The third kappa shape index (κ3) is 3.28. The molecule has 0 atom stereocenters. The van der Waals surface area contributed by atoms with Gasteiger partial charge in [-0.15, -0.1) is 0 Å². The smallest absolute Gasteiger partial charge is 0.256 e. The molecule has 3 N–H and O–H groups in total. The van der Waals surface area contributed by atoms with Gasteiger partial charge in [0.1, 0.15) is 0 Å². The quantitative estimate of drug-likeness (QED) is 0.804. The Balaban J connectivity index is 2.27. The molecule has 2 aromatic carbocycles. The zero-order chi connectivity index (χ0) is 14.0. The first-order valence-corrected chi connectivity index (χ1v) is 6.77. The maximum Gasteiger partial charge on any atom is 0.256 e. The maximum absolute atomic E-state index is 12.2. The monoisotopic (exact) mass is 338 g/mol. The summed E-state index contributed by atoms with van der Waals surface area (Å²) in [6.07, 6.45) is 0. The van der Waals surface area contributed by atoms with Gasteiger partial charge in [0.15, 0.2) is 0 Å². The van der Waals surface area contributed by atoms with Crippen molar-refractivity contribution in [2.24, 2.45) is 0 Å². The summed E-state index contributed by atoms with van der Waals surface area (Å²) in [5.74, 6) is -0.201. The van der Waals surface area contributed by atoms with E-state index in [9.17, 15) is 4.79 Å². The molecule has 0 aliphatic heterocycles. The SMILES string of the molecule is Cc1c(N)cc(Br)cc1C(=O)Nc1ccc(Cl)cc1. The van der Waals surface area contributed by atoms with Crippen LogP contribution in [0.3, 0.4) is 0 Å². The van der Waals surface area contributed by atoms with Crippen LogP contribution in [0.15, 0.2) is 40.9 Å². The molecule has 2 aromatic rings. The lowest BCUT2D eigenvalue weighted by molar-refractivity contribution is 0.102. The standard InChI is InChI=1S/C14H12BrClN2O/c1-8-12(6-9(15)7-13(8)17)14(19)18-11-4-2-10(16)3-5-11/h2-7H,17H2,1H3,(H,18,19). The molecule has 0 aromatic heterocycles. The lowest BCUT2D eigenvalue weighted by Gasteiger charge is -2.10. The van der Waals surface area contributed by atoms with Crippen LogP contribution in [0.4, 0.5) is 11.4 Å². The lowest BCUT2D eigenvalue weighted by Crippen LogP contribution is -2.14. The summed E-state index contributed by atoms with van der Waals surface area (Å²) in [5.41, 5.74) is 8.41. The third-order valence-corrected chi connectivity index (χ3v) is 3.47. The summed E-state index contributed by atoms with van der Waals surface area (Å²) in [4.78, 5) is 12.2. The number of hydrogen-bond acceptors (Lipinski definition) is 2. The summed E-state index contributed by atoms with van der Waals surface area (Å²) in [7, 11) is 0. The molecule has 0 aliphatic carbocycles. The second-order valence-electron chi connectivity index (χ2n) is 4.13. The highest BCUT2D eigenvalue weighted by molar-refractivity contribution is 9.10. The Morgan fingerprint density at radius 1 is 1.26 bits per heavy atom. The molecule has 0 aliphatic rings. The van der Waals surface area contributed by atoms with Crippen LogP contribution in [0.25, 0.3) is 0 Å². The second-order valence-corrected chi connectivity index (χ2v) is 5.48. The molecule has 98 valence electrons. The van der Waals surface area contributed by atoms with Crippen molar-refractivity contribution in [1.82, 2.24) is 0 Å². The van der Waals surface area contributed by atoms with Crippen LogP contribution in [-0.4, -0.2) is 5.91 Å². The Morgan fingerprint density at radius 2 is 1.89 bits per heavy atom. The largest absolute Gasteiger partial charge is 0.398 e. The van der Waals surface area contributed by atoms with Gasteiger partial charge in [-0.1, -0.05) is 27.5 Å². The van der Waals surface area contributed by atoms with E-state index in [1.807, 2.05) is 6.92 Å². The fourth-order valence-corrected chi connectivity index (χ4v) is 2.27. The zero-order valence-electron chi connectivity index (χ0n) is 10.2. The van der Waals surface area contributed by atoms with Gasteiger partial charge in [0.05, 0.1) is 0 Å². The minimum absolute atomic E-state index is 0.201. The molecular weight excluding hydrogens is 328 g/mol. The molecule has 0 unspecified atom stereocenters. The Kier molecular flexibility index (Phi) is 4.12. The van der Waals surface area contributed by atoms with Gasteiger partial charge in [0.2, 0.25) is 0 Å². The average Bonchev–Trinajstić information content (AvgIpc) is 2.36. The van der Waals surface area contributed by atoms with E-state index in [4.69, 9.17) is 17.3 Å². The number of carbonyl (C=O) groups excluding carboxylic acids is 1. The van der Waals surface area contributed by atoms with Crippen LogP contribution >= 0.6 is 27.5 Å². The number of rotatable bonds is 2. The minimum atomic E-state index is -0.201. The number of amides is 1. The van der Waals surface area contributed by atoms with Crippen molar-refractivity contribution in [1.29, 1.82) is 0 Å². The minimum Gasteiger partial charge on any atom is -0.398 e. The van der Waals surface area contributed by atoms with Crippen molar-refractivity contribution in [2.75, 3.05) is 11.1 Å². The van der Waals surface area contributed by atoms with Crippen molar-refractivity contribution in [3.8, 4) is 0 Å². The van der Waals surface area contributed by atoms with Crippen LogP contribution in [0.2, 0.25) is 5.02 Å². The molecule has 0 fully saturated rings. The molecule has 0 radical (unpaired) electrons. The van der Waals surface area contributed by atoms with Gasteiger partial charge < -0.3 is 11.1 Å². The zero-order valence-corrected chi connectivity index (χ0v) is 12.5. The molecule has 0 saturated carbocycles. The Bertz CT molecular complexity index is 626. The summed E-state index contributed by atoms with van der Waals surface area (Å²) in [6.45, 7) is 1.82. The highest BCUT2D eigenvalue weighted by Crippen LogP contribution is 2.24. The van der Waals surface area contributed by atoms with Crippen LogP contribution in [-0.2, 0) is 0 Å². The molecule has 0 heterocycles. The summed E-state index contributed by atoms with van der Waals surface area (Å²) in [6, 6.07) is 10.5. The highest BCUT2D eigenvalue weighted by Gasteiger charge is 2.12. The van der Waals surface area contributed by atoms with E-state index >= 15 is 0 Å². The number of nitrogen functional groups attached to an aromatic ring is 1. The number of nitrogens with two attached hydrogens (primary N) is 1. The average molecular weight is 340 g/mol. The van der Waals surface area contributed by atoms with Crippen molar-refractivity contribution in [3.63, 3.8) is 0 Å². The molecule has 0 bridgehead atoms. The molecule has 0 saturated heterocycles. The first-order valence-electron chi connectivity index (χ1n) is 5.60. The number of anilines is 2. The predicted octanol–water partition coefficient (Wildman–Crippen LogP) is 4.25. The van der Waals surface area contributed by atoms with Crippen molar-refractivity contribution in [3.05, 3.63) is 57.0 Å². The molecule has 3 nitrogen and oxygen atoms in total.